The molecule has 0 spiro atoms. The number of anilines is 1. The van der Waals surface area contributed by atoms with Gasteiger partial charge in [-0.15, -0.1) is 0 Å². The molecule has 31 heavy (non-hydrogen) atoms. The summed E-state index contributed by atoms with van der Waals surface area (Å²) in [5.74, 6) is -1.09. The molecule has 0 saturated carbocycles. The van der Waals surface area contributed by atoms with Crippen molar-refractivity contribution in [3.63, 3.8) is 0 Å². The Bertz CT molecular complexity index is 1150. The number of rotatable bonds is 8. The van der Waals surface area contributed by atoms with Gasteiger partial charge in [0.2, 0.25) is 0 Å². The smallest absolute Gasteiger partial charge is 0.328 e. The molecule has 0 bridgehead atoms. The molecule has 3 aromatic rings. The van der Waals surface area contributed by atoms with E-state index in [0.29, 0.717) is 0 Å². The lowest BCUT2D eigenvalue weighted by molar-refractivity contribution is -0.142. The van der Waals surface area contributed by atoms with E-state index in [-0.39, 0.29) is 22.6 Å². The quantitative estimate of drug-likeness (QED) is 0.527. The maximum absolute atomic E-state index is 12.8. The number of hydrogen-bond acceptors (Lipinski definition) is 5. The summed E-state index contributed by atoms with van der Waals surface area (Å²) in [5, 5.41) is 2.66. The number of ether oxygens (including phenoxy) is 1. The van der Waals surface area contributed by atoms with Gasteiger partial charge in [-0.2, -0.15) is 0 Å². The molecule has 0 radical (unpaired) electrons. The Morgan fingerprint density at radius 3 is 2.19 bits per heavy atom. The molecular weight excluding hydrogens is 416 g/mol. The Labute approximate surface area is 181 Å². The SMILES string of the molecule is COC(=O)[C@H](Cc1ccccc1)NC(=O)c1cccc(NS(=O)(=O)c2ccccc2)c1. The van der Waals surface area contributed by atoms with Gasteiger partial charge >= 0.3 is 5.97 Å². The maximum atomic E-state index is 12.8. The molecule has 0 aromatic heterocycles. The van der Waals surface area contributed by atoms with Gasteiger partial charge in [0.1, 0.15) is 6.04 Å². The van der Waals surface area contributed by atoms with Crippen LogP contribution < -0.4 is 10.0 Å². The van der Waals surface area contributed by atoms with Crippen LogP contribution in [0.4, 0.5) is 5.69 Å². The summed E-state index contributed by atoms with van der Waals surface area (Å²) in [6.07, 6.45) is 0.263. The summed E-state index contributed by atoms with van der Waals surface area (Å²) in [6, 6.07) is 22.3. The lowest BCUT2D eigenvalue weighted by atomic mass is 10.1. The van der Waals surface area contributed by atoms with Crippen molar-refractivity contribution in [3.8, 4) is 0 Å². The van der Waals surface area contributed by atoms with Crippen molar-refractivity contribution in [2.24, 2.45) is 0 Å². The van der Waals surface area contributed by atoms with Crippen molar-refractivity contribution >= 4 is 27.6 Å². The molecule has 3 aromatic carbocycles. The highest BCUT2D eigenvalue weighted by molar-refractivity contribution is 7.92. The molecule has 0 aliphatic rings. The predicted molar refractivity (Wildman–Crippen MR) is 117 cm³/mol. The molecular formula is C23H22N2O5S. The van der Waals surface area contributed by atoms with Gasteiger partial charge in [0.15, 0.2) is 0 Å². The van der Waals surface area contributed by atoms with Crippen LogP contribution in [0.15, 0.2) is 89.8 Å². The number of hydrogen-bond donors (Lipinski definition) is 2. The second-order valence-electron chi connectivity index (χ2n) is 6.74. The van der Waals surface area contributed by atoms with E-state index in [4.69, 9.17) is 4.74 Å². The lowest BCUT2D eigenvalue weighted by Crippen LogP contribution is -2.43. The molecule has 0 unspecified atom stereocenters. The first kappa shape index (κ1) is 22.0. The van der Waals surface area contributed by atoms with Gasteiger partial charge in [-0.25, -0.2) is 13.2 Å². The molecule has 160 valence electrons. The van der Waals surface area contributed by atoms with Crippen LogP contribution in [0.2, 0.25) is 0 Å². The number of benzene rings is 3. The van der Waals surface area contributed by atoms with E-state index in [1.54, 1.807) is 30.3 Å². The van der Waals surface area contributed by atoms with E-state index >= 15 is 0 Å². The molecule has 3 rings (SSSR count). The molecule has 1 amide bonds. The van der Waals surface area contributed by atoms with E-state index in [9.17, 15) is 18.0 Å². The Morgan fingerprint density at radius 1 is 0.903 bits per heavy atom. The highest BCUT2D eigenvalue weighted by Gasteiger charge is 2.23. The average Bonchev–Trinajstić information content (AvgIpc) is 2.79. The standard InChI is InChI=1S/C23H22N2O5S/c1-30-23(27)21(15-17-9-4-2-5-10-17)24-22(26)18-11-8-12-19(16-18)25-31(28,29)20-13-6-3-7-14-20/h2-14,16,21,25H,15H2,1H3,(H,24,26)/t21-/m0/s1. The van der Waals surface area contributed by atoms with E-state index in [1.165, 1.54) is 31.4 Å². The largest absolute Gasteiger partial charge is 0.467 e. The number of methoxy groups -OCH3 is 1. The summed E-state index contributed by atoms with van der Waals surface area (Å²) in [7, 11) is -2.54. The third kappa shape index (κ3) is 5.93. The third-order valence-electron chi connectivity index (χ3n) is 4.50. The van der Waals surface area contributed by atoms with Gasteiger partial charge in [-0.1, -0.05) is 54.6 Å². The lowest BCUT2D eigenvalue weighted by Gasteiger charge is -2.17. The first-order chi connectivity index (χ1) is 14.9. The Hall–Kier alpha value is -3.65. The summed E-state index contributed by atoms with van der Waals surface area (Å²) in [6.45, 7) is 0. The topological polar surface area (TPSA) is 102 Å². The molecule has 0 aliphatic heterocycles. The minimum atomic E-state index is -3.79. The van der Waals surface area contributed by atoms with Crippen molar-refractivity contribution in [1.82, 2.24) is 5.32 Å². The first-order valence-electron chi connectivity index (χ1n) is 9.49. The number of sulfonamides is 1. The van der Waals surface area contributed by atoms with Crippen molar-refractivity contribution in [3.05, 3.63) is 96.1 Å². The number of esters is 1. The minimum absolute atomic E-state index is 0.110. The van der Waals surface area contributed by atoms with Crippen LogP contribution >= 0.6 is 0 Å². The molecule has 0 aliphatic carbocycles. The molecule has 0 saturated heterocycles. The van der Waals surface area contributed by atoms with Crippen LogP contribution in [0, 0.1) is 0 Å². The Balaban J connectivity index is 1.76. The average molecular weight is 439 g/mol. The second-order valence-corrected chi connectivity index (χ2v) is 8.42. The number of carbonyl (C=O) groups excluding carboxylic acids is 2. The monoisotopic (exact) mass is 438 g/mol. The normalized spacial score (nSPS) is 11.9. The van der Waals surface area contributed by atoms with Crippen LogP contribution in [0.25, 0.3) is 0 Å². The number of amides is 1. The molecule has 0 heterocycles. The van der Waals surface area contributed by atoms with E-state index in [1.807, 2.05) is 30.3 Å². The van der Waals surface area contributed by atoms with Crippen LogP contribution in [-0.2, 0) is 26.0 Å². The number of carbonyl (C=O) groups is 2. The predicted octanol–water partition coefficient (Wildman–Crippen LogP) is 3.00. The maximum Gasteiger partial charge on any atom is 0.328 e. The first-order valence-corrected chi connectivity index (χ1v) is 11.0. The Morgan fingerprint density at radius 2 is 1.55 bits per heavy atom. The molecule has 0 fully saturated rings. The van der Waals surface area contributed by atoms with Crippen molar-refractivity contribution in [2.45, 2.75) is 17.4 Å². The number of nitrogens with one attached hydrogen (secondary N) is 2. The fourth-order valence-electron chi connectivity index (χ4n) is 2.96. The third-order valence-corrected chi connectivity index (χ3v) is 5.90. The van der Waals surface area contributed by atoms with Gasteiger partial charge in [-0.3, -0.25) is 9.52 Å². The van der Waals surface area contributed by atoms with Crippen LogP contribution in [-0.4, -0.2) is 33.4 Å². The van der Waals surface area contributed by atoms with Gasteiger partial charge in [0.05, 0.1) is 12.0 Å². The van der Waals surface area contributed by atoms with E-state index < -0.39 is 27.9 Å². The van der Waals surface area contributed by atoms with E-state index in [0.717, 1.165) is 5.56 Å². The Kier molecular flexibility index (Phi) is 7.04. The van der Waals surface area contributed by atoms with Crippen molar-refractivity contribution < 1.29 is 22.7 Å². The summed E-state index contributed by atoms with van der Waals surface area (Å²) in [4.78, 5) is 25.0. The van der Waals surface area contributed by atoms with Gasteiger partial charge in [0, 0.05) is 17.7 Å². The highest BCUT2D eigenvalue weighted by atomic mass is 32.2. The van der Waals surface area contributed by atoms with Gasteiger partial charge in [-0.05, 0) is 35.9 Å². The van der Waals surface area contributed by atoms with E-state index in [2.05, 4.69) is 10.0 Å². The zero-order chi connectivity index (χ0) is 22.3. The molecule has 8 heteroatoms. The van der Waals surface area contributed by atoms with Crippen LogP contribution in [0.3, 0.4) is 0 Å². The van der Waals surface area contributed by atoms with Gasteiger partial charge in [0.25, 0.3) is 15.9 Å². The summed E-state index contributed by atoms with van der Waals surface area (Å²) >= 11 is 0. The molecule has 2 N–H and O–H groups in total. The second kappa shape index (κ2) is 9.90. The van der Waals surface area contributed by atoms with Crippen LogP contribution in [0.1, 0.15) is 15.9 Å². The van der Waals surface area contributed by atoms with Crippen molar-refractivity contribution in [2.75, 3.05) is 11.8 Å². The highest BCUT2D eigenvalue weighted by Crippen LogP contribution is 2.17. The zero-order valence-corrected chi connectivity index (χ0v) is 17.6. The van der Waals surface area contributed by atoms with Crippen LogP contribution in [0.5, 0.6) is 0 Å². The minimum Gasteiger partial charge on any atom is -0.467 e. The fraction of sp³-hybridized carbons (Fsp3) is 0.130. The van der Waals surface area contributed by atoms with Gasteiger partial charge < -0.3 is 10.1 Å². The summed E-state index contributed by atoms with van der Waals surface area (Å²) < 4.78 is 32.3. The fourth-order valence-corrected chi connectivity index (χ4v) is 4.04. The van der Waals surface area contributed by atoms with Crippen molar-refractivity contribution in [1.29, 1.82) is 0 Å². The molecule has 1 atom stereocenters. The molecule has 7 nitrogen and oxygen atoms in total. The zero-order valence-electron chi connectivity index (χ0n) is 16.8. The summed E-state index contributed by atoms with van der Waals surface area (Å²) in [5.41, 5.74) is 1.30.